The number of hydrogen-bond acceptors (Lipinski definition) is 7. The topological polar surface area (TPSA) is 217 Å². The van der Waals surface area contributed by atoms with Crippen LogP contribution in [0.5, 0.6) is 0 Å². The van der Waals surface area contributed by atoms with Crippen molar-refractivity contribution in [1.82, 2.24) is 16.0 Å². The van der Waals surface area contributed by atoms with E-state index in [4.69, 9.17) is 15.9 Å². The Morgan fingerprint density at radius 2 is 1.46 bits per heavy atom. The van der Waals surface area contributed by atoms with E-state index < -0.39 is 47.7 Å². The first-order valence-corrected chi connectivity index (χ1v) is 10.9. The van der Waals surface area contributed by atoms with E-state index in [2.05, 4.69) is 21.3 Å². The van der Waals surface area contributed by atoms with Crippen LogP contribution in [0.1, 0.15) is 54.3 Å². The minimum absolute atomic E-state index is 0.0139. The minimum atomic E-state index is -1.35. The summed E-state index contributed by atoms with van der Waals surface area (Å²) in [6.45, 7) is 4.50. The highest BCUT2D eigenvalue weighted by Crippen LogP contribution is 2.16. The maximum Gasteiger partial charge on any atom is 0.335 e. The van der Waals surface area contributed by atoms with Crippen LogP contribution in [0.3, 0.4) is 0 Å². The molecule has 1 unspecified atom stereocenters. The quantitative estimate of drug-likeness (QED) is 0.188. The molecular formula is C22H31N5O8. The monoisotopic (exact) mass is 493 g/mol. The molecule has 4 amide bonds. The summed E-state index contributed by atoms with van der Waals surface area (Å²) < 4.78 is 0. The number of nitrogens with two attached hydrogens (primary N) is 1. The molecule has 0 saturated carbocycles. The Kier molecular flexibility index (Phi) is 11.3. The van der Waals surface area contributed by atoms with Crippen LogP contribution < -0.4 is 27.0 Å². The van der Waals surface area contributed by atoms with Crippen LogP contribution >= 0.6 is 0 Å². The average molecular weight is 494 g/mol. The van der Waals surface area contributed by atoms with Crippen molar-refractivity contribution in [1.29, 1.82) is 0 Å². The number of carbonyl (C=O) groups is 6. The molecule has 0 aliphatic heterocycles. The Hall–Kier alpha value is -4.00. The summed E-state index contributed by atoms with van der Waals surface area (Å²) in [5.41, 5.74) is 4.62. The molecule has 0 aliphatic rings. The van der Waals surface area contributed by atoms with Crippen molar-refractivity contribution < 1.29 is 39.0 Å². The molecule has 13 heteroatoms. The molecule has 1 aromatic carbocycles. The van der Waals surface area contributed by atoms with E-state index in [0.717, 1.165) is 18.2 Å². The van der Waals surface area contributed by atoms with Gasteiger partial charge in [0.05, 0.1) is 24.2 Å². The summed E-state index contributed by atoms with van der Waals surface area (Å²) in [6.07, 6.45) is 0.181. The van der Waals surface area contributed by atoms with Gasteiger partial charge in [0.25, 0.3) is 0 Å². The summed E-state index contributed by atoms with van der Waals surface area (Å²) in [6, 6.07) is 1.73. The first kappa shape index (κ1) is 29.0. The summed E-state index contributed by atoms with van der Waals surface area (Å²) in [7, 11) is 0. The predicted octanol–water partition coefficient (Wildman–Crippen LogP) is -0.478. The molecule has 0 bridgehead atoms. The minimum Gasteiger partial charge on any atom is -0.478 e. The van der Waals surface area contributed by atoms with Gasteiger partial charge in [-0.1, -0.05) is 20.8 Å². The molecule has 13 nitrogen and oxygen atoms in total. The van der Waals surface area contributed by atoms with Crippen LogP contribution in [0.15, 0.2) is 18.2 Å². The van der Waals surface area contributed by atoms with Crippen LogP contribution in [0.2, 0.25) is 0 Å². The zero-order chi connectivity index (χ0) is 26.7. The molecule has 35 heavy (non-hydrogen) atoms. The Morgan fingerprint density at radius 3 is 1.91 bits per heavy atom. The Balaban J connectivity index is 2.70. The highest BCUT2D eigenvalue weighted by Gasteiger charge is 2.24. The lowest BCUT2D eigenvalue weighted by molar-refractivity contribution is -0.131. The Labute approximate surface area is 201 Å². The smallest absolute Gasteiger partial charge is 0.335 e. The number of carboxylic acid groups (broad SMARTS) is 2. The van der Waals surface area contributed by atoms with Gasteiger partial charge in [0.1, 0.15) is 6.04 Å². The third-order valence-electron chi connectivity index (χ3n) is 4.87. The molecule has 8 N–H and O–H groups in total. The van der Waals surface area contributed by atoms with Gasteiger partial charge < -0.3 is 37.2 Å². The van der Waals surface area contributed by atoms with Crippen molar-refractivity contribution in [3.8, 4) is 0 Å². The van der Waals surface area contributed by atoms with Gasteiger partial charge in [-0.25, -0.2) is 9.59 Å². The normalized spacial score (nSPS) is 12.3. The second-order valence-electron chi connectivity index (χ2n) is 8.05. The molecule has 0 saturated heterocycles. The van der Waals surface area contributed by atoms with Gasteiger partial charge in [-0.05, 0) is 30.5 Å². The van der Waals surface area contributed by atoms with E-state index in [1.54, 1.807) is 20.8 Å². The van der Waals surface area contributed by atoms with Crippen molar-refractivity contribution >= 4 is 41.3 Å². The molecule has 192 valence electrons. The van der Waals surface area contributed by atoms with E-state index in [0.29, 0.717) is 6.42 Å². The number of carbonyl (C=O) groups excluding carboxylic acids is 4. The van der Waals surface area contributed by atoms with Crippen LogP contribution in [0, 0.1) is 5.92 Å². The van der Waals surface area contributed by atoms with E-state index in [9.17, 15) is 28.8 Å². The molecule has 1 aromatic rings. The van der Waals surface area contributed by atoms with Gasteiger partial charge >= 0.3 is 11.9 Å². The van der Waals surface area contributed by atoms with E-state index in [1.807, 2.05) is 0 Å². The van der Waals surface area contributed by atoms with Gasteiger partial charge in [0.15, 0.2) is 0 Å². The molecule has 0 aromatic heterocycles. The van der Waals surface area contributed by atoms with Crippen molar-refractivity contribution in [3.05, 3.63) is 29.3 Å². The maximum atomic E-state index is 12.4. The van der Waals surface area contributed by atoms with E-state index in [1.165, 1.54) is 0 Å². The van der Waals surface area contributed by atoms with Crippen molar-refractivity contribution in [2.24, 2.45) is 11.7 Å². The number of hydrogen-bond donors (Lipinski definition) is 7. The van der Waals surface area contributed by atoms with Crippen LogP contribution in [0.4, 0.5) is 5.69 Å². The van der Waals surface area contributed by atoms with Crippen LogP contribution in [-0.4, -0.2) is 71.0 Å². The highest BCUT2D eigenvalue weighted by atomic mass is 16.4. The number of amides is 4. The summed E-state index contributed by atoms with van der Waals surface area (Å²) in [5, 5.41) is 28.2. The van der Waals surface area contributed by atoms with Gasteiger partial charge in [-0.2, -0.15) is 0 Å². The van der Waals surface area contributed by atoms with Gasteiger partial charge in [0.2, 0.25) is 23.6 Å². The fourth-order valence-corrected chi connectivity index (χ4v) is 3.00. The molecule has 0 aliphatic carbocycles. The first-order chi connectivity index (χ1) is 16.4. The Bertz CT molecular complexity index is 946. The number of nitrogens with one attached hydrogen (secondary N) is 4. The zero-order valence-electron chi connectivity index (χ0n) is 19.7. The second kappa shape index (κ2) is 13.6. The third-order valence-corrected chi connectivity index (χ3v) is 4.87. The van der Waals surface area contributed by atoms with E-state index in [-0.39, 0.29) is 42.2 Å². The lowest BCUT2D eigenvalue weighted by atomic mass is 10.0. The largest absolute Gasteiger partial charge is 0.478 e. The Morgan fingerprint density at radius 1 is 0.886 bits per heavy atom. The zero-order valence-corrected chi connectivity index (χ0v) is 19.7. The molecule has 0 radical (unpaired) electrons. The fourth-order valence-electron chi connectivity index (χ4n) is 3.00. The van der Waals surface area contributed by atoms with Crippen LogP contribution in [0.25, 0.3) is 0 Å². The molecule has 2 atom stereocenters. The number of carboxylic acids is 2. The molecule has 1 rings (SSSR count). The number of benzene rings is 1. The second-order valence-corrected chi connectivity index (χ2v) is 8.05. The fraction of sp³-hybridized carbons (Fsp3) is 0.455. The average Bonchev–Trinajstić information content (AvgIpc) is 2.79. The van der Waals surface area contributed by atoms with Crippen LogP contribution in [-0.2, 0) is 19.2 Å². The summed E-state index contributed by atoms with van der Waals surface area (Å²) in [5.74, 6) is -5.17. The van der Waals surface area contributed by atoms with E-state index >= 15 is 0 Å². The van der Waals surface area contributed by atoms with Gasteiger partial charge in [0, 0.05) is 18.2 Å². The number of anilines is 1. The first-order valence-electron chi connectivity index (χ1n) is 10.9. The predicted molar refractivity (Wildman–Crippen MR) is 125 cm³/mol. The lowest BCUT2D eigenvalue weighted by Gasteiger charge is -2.22. The molecule has 0 spiro atoms. The van der Waals surface area contributed by atoms with Crippen molar-refractivity contribution in [3.63, 3.8) is 0 Å². The molecule has 0 heterocycles. The number of rotatable bonds is 13. The third kappa shape index (κ3) is 9.80. The molecular weight excluding hydrogens is 462 g/mol. The summed E-state index contributed by atoms with van der Waals surface area (Å²) in [4.78, 5) is 70.9. The van der Waals surface area contributed by atoms with Gasteiger partial charge in [-0.15, -0.1) is 0 Å². The highest BCUT2D eigenvalue weighted by molar-refractivity contribution is 5.98. The van der Waals surface area contributed by atoms with Gasteiger partial charge in [-0.3, -0.25) is 19.2 Å². The lowest BCUT2D eigenvalue weighted by Crippen LogP contribution is -2.53. The molecule has 0 fully saturated rings. The van der Waals surface area contributed by atoms with Crippen molar-refractivity contribution in [2.45, 2.75) is 45.7 Å². The standard InChI is InChI=1S/C22H31N5O8/c1-4-14(25-18(30)10-24-20(31)19(11(2)3)27-17(29)9-23)8-16(28)26-15-6-12(21(32)33)5-13(7-15)22(34)35/h5-7,11,14,19H,4,8-10,23H2,1-3H3,(H,24,31)(H,25,30)(H,26,28)(H,27,29)(H,32,33)(H,34,35)/t14-,19?/m0/s1. The maximum absolute atomic E-state index is 12.4. The summed E-state index contributed by atoms with van der Waals surface area (Å²) >= 11 is 0. The van der Waals surface area contributed by atoms with Crippen molar-refractivity contribution in [2.75, 3.05) is 18.4 Å². The SMILES string of the molecule is CC[C@@H](CC(=O)Nc1cc(C(=O)O)cc(C(=O)O)c1)NC(=O)CNC(=O)C(NC(=O)CN)C(C)C. The number of aromatic carboxylic acids is 2.